The molecule has 1 aromatic carbocycles. The fourth-order valence-electron chi connectivity index (χ4n) is 2.38. The zero-order chi connectivity index (χ0) is 15.8. The van der Waals surface area contributed by atoms with Gasteiger partial charge in [0.05, 0.1) is 12.6 Å². The minimum Gasteiger partial charge on any atom is -0.394 e. The predicted molar refractivity (Wildman–Crippen MR) is 89.8 cm³/mol. The quantitative estimate of drug-likeness (QED) is 0.922. The molecule has 1 aromatic rings. The van der Waals surface area contributed by atoms with E-state index in [0.29, 0.717) is 0 Å². The van der Waals surface area contributed by atoms with Crippen molar-refractivity contribution in [3.63, 3.8) is 0 Å². The fourth-order valence-corrected chi connectivity index (χ4v) is 2.38. The Bertz CT molecular complexity index is 456. The molecule has 118 valence electrons. The summed E-state index contributed by atoms with van der Waals surface area (Å²) in [5.41, 5.74) is 3.75. The van der Waals surface area contributed by atoms with Crippen molar-refractivity contribution in [2.75, 3.05) is 52.9 Å². The number of rotatable bonds is 4. The van der Waals surface area contributed by atoms with E-state index in [-0.39, 0.29) is 12.6 Å². The molecule has 0 aliphatic carbocycles. The molecule has 0 aromatic heterocycles. The molecule has 0 bridgehead atoms. The molecule has 0 saturated carbocycles. The van der Waals surface area contributed by atoms with Crippen molar-refractivity contribution in [3.05, 3.63) is 35.4 Å². The third-order valence-electron chi connectivity index (χ3n) is 3.62. The molecular formula is C17H28N2O2. The number of fused-ring (bicyclic) bond motifs is 1. The van der Waals surface area contributed by atoms with Gasteiger partial charge in [-0.05, 0) is 38.2 Å². The first-order valence-corrected chi connectivity index (χ1v) is 7.32. The van der Waals surface area contributed by atoms with Crippen LogP contribution in [-0.2, 0) is 4.74 Å². The molecule has 21 heavy (non-hydrogen) atoms. The fraction of sp³-hybridized carbons (Fsp3) is 0.529. The topological polar surface area (TPSA) is 35.9 Å². The summed E-state index contributed by atoms with van der Waals surface area (Å²) in [5, 5.41) is 9.48. The van der Waals surface area contributed by atoms with Gasteiger partial charge in [0.2, 0.25) is 0 Å². The van der Waals surface area contributed by atoms with Gasteiger partial charge in [-0.2, -0.15) is 0 Å². The van der Waals surface area contributed by atoms with Crippen molar-refractivity contribution < 1.29 is 9.84 Å². The summed E-state index contributed by atoms with van der Waals surface area (Å²) in [4.78, 5) is 4.30. The third kappa shape index (κ3) is 4.84. The Morgan fingerprint density at radius 3 is 2.48 bits per heavy atom. The Morgan fingerprint density at radius 1 is 1.33 bits per heavy atom. The number of aliphatic hydroxyl groups excluding tert-OH is 1. The van der Waals surface area contributed by atoms with Gasteiger partial charge in [0.15, 0.2) is 0 Å². The van der Waals surface area contributed by atoms with Gasteiger partial charge in [0.25, 0.3) is 0 Å². The SMILES string of the molecule is CCOC.CN1CC(C(CO)N(C)C)=Cc2ccccc21. The van der Waals surface area contributed by atoms with E-state index < -0.39 is 0 Å². The molecular weight excluding hydrogens is 264 g/mol. The Balaban J connectivity index is 0.000000491. The molecule has 0 fully saturated rings. The van der Waals surface area contributed by atoms with Gasteiger partial charge in [-0.25, -0.2) is 0 Å². The van der Waals surface area contributed by atoms with E-state index in [1.54, 1.807) is 7.11 Å². The molecule has 1 unspecified atom stereocenters. The van der Waals surface area contributed by atoms with Crippen LogP contribution in [0.25, 0.3) is 6.08 Å². The zero-order valence-electron chi connectivity index (χ0n) is 13.8. The molecule has 2 rings (SSSR count). The van der Waals surface area contributed by atoms with Crippen LogP contribution >= 0.6 is 0 Å². The van der Waals surface area contributed by atoms with Crippen molar-refractivity contribution >= 4 is 11.8 Å². The Morgan fingerprint density at radius 2 is 1.95 bits per heavy atom. The molecule has 1 heterocycles. The molecule has 1 aliphatic rings. The van der Waals surface area contributed by atoms with Crippen LogP contribution in [0.3, 0.4) is 0 Å². The zero-order valence-corrected chi connectivity index (χ0v) is 13.8. The van der Waals surface area contributed by atoms with Crippen molar-refractivity contribution in [2.24, 2.45) is 0 Å². The van der Waals surface area contributed by atoms with Crippen LogP contribution in [0.1, 0.15) is 12.5 Å². The normalized spacial score (nSPS) is 15.0. The van der Waals surface area contributed by atoms with E-state index >= 15 is 0 Å². The standard InChI is InChI=1S/C14H20N2O.C3H8O/c1-15(2)14(10-17)12-8-11-6-4-5-7-13(11)16(3)9-12;1-3-4-2/h4-8,14,17H,9-10H2,1-3H3;3H2,1-2H3. The van der Waals surface area contributed by atoms with Gasteiger partial charge in [-0.1, -0.05) is 24.3 Å². The highest BCUT2D eigenvalue weighted by Crippen LogP contribution is 2.29. The number of para-hydroxylation sites is 1. The van der Waals surface area contributed by atoms with E-state index in [0.717, 1.165) is 13.2 Å². The summed E-state index contributed by atoms with van der Waals surface area (Å²) in [5.74, 6) is 0. The van der Waals surface area contributed by atoms with Crippen molar-refractivity contribution in [2.45, 2.75) is 13.0 Å². The van der Waals surface area contributed by atoms with Crippen LogP contribution in [0.2, 0.25) is 0 Å². The minimum absolute atomic E-state index is 0.103. The number of hydrogen-bond acceptors (Lipinski definition) is 4. The average molecular weight is 292 g/mol. The van der Waals surface area contributed by atoms with Crippen LogP contribution in [0.15, 0.2) is 29.8 Å². The summed E-state index contributed by atoms with van der Waals surface area (Å²) >= 11 is 0. The second kappa shape index (κ2) is 8.82. The summed E-state index contributed by atoms with van der Waals surface area (Å²) < 4.78 is 4.54. The van der Waals surface area contributed by atoms with Gasteiger partial charge in [0.1, 0.15) is 0 Å². The van der Waals surface area contributed by atoms with E-state index in [1.165, 1.54) is 16.8 Å². The van der Waals surface area contributed by atoms with Crippen LogP contribution in [0.4, 0.5) is 5.69 Å². The molecule has 4 nitrogen and oxygen atoms in total. The lowest BCUT2D eigenvalue weighted by atomic mass is 9.97. The second-order valence-electron chi connectivity index (χ2n) is 5.37. The van der Waals surface area contributed by atoms with Gasteiger partial charge in [-0.3, -0.25) is 0 Å². The molecule has 4 heteroatoms. The maximum absolute atomic E-state index is 9.48. The number of aliphatic hydroxyl groups is 1. The Labute approximate surface area is 128 Å². The summed E-state index contributed by atoms with van der Waals surface area (Å²) in [7, 11) is 7.78. The van der Waals surface area contributed by atoms with Crippen LogP contribution < -0.4 is 4.90 Å². The lowest BCUT2D eigenvalue weighted by Crippen LogP contribution is -2.38. The maximum Gasteiger partial charge on any atom is 0.0625 e. The summed E-state index contributed by atoms with van der Waals surface area (Å²) in [6, 6.07) is 8.46. The Kier molecular flexibility index (Phi) is 7.43. The van der Waals surface area contributed by atoms with E-state index in [4.69, 9.17) is 0 Å². The molecule has 0 saturated heterocycles. The first-order chi connectivity index (χ1) is 10.0. The van der Waals surface area contributed by atoms with E-state index in [1.807, 2.05) is 21.0 Å². The van der Waals surface area contributed by atoms with Crippen molar-refractivity contribution in [3.8, 4) is 0 Å². The monoisotopic (exact) mass is 292 g/mol. The molecule has 0 radical (unpaired) electrons. The number of ether oxygens (including phenoxy) is 1. The number of methoxy groups -OCH3 is 1. The Hall–Kier alpha value is -1.36. The summed E-state index contributed by atoms with van der Waals surface area (Å²) in [6.07, 6.45) is 2.20. The van der Waals surface area contributed by atoms with Gasteiger partial charge < -0.3 is 19.6 Å². The molecule has 1 aliphatic heterocycles. The smallest absolute Gasteiger partial charge is 0.0625 e. The minimum atomic E-state index is 0.103. The number of nitrogens with zero attached hydrogens (tertiary/aromatic N) is 2. The molecule has 1 atom stereocenters. The molecule has 0 amide bonds. The summed E-state index contributed by atoms with van der Waals surface area (Å²) in [6.45, 7) is 3.81. The van der Waals surface area contributed by atoms with Gasteiger partial charge in [-0.15, -0.1) is 0 Å². The predicted octanol–water partition coefficient (Wildman–Crippen LogP) is 2.09. The molecule has 1 N–H and O–H groups in total. The first kappa shape index (κ1) is 17.7. The van der Waals surface area contributed by atoms with E-state index in [2.05, 4.69) is 51.9 Å². The van der Waals surface area contributed by atoms with E-state index in [9.17, 15) is 5.11 Å². The van der Waals surface area contributed by atoms with Crippen molar-refractivity contribution in [1.29, 1.82) is 0 Å². The van der Waals surface area contributed by atoms with Crippen molar-refractivity contribution in [1.82, 2.24) is 4.90 Å². The van der Waals surface area contributed by atoms with Gasteiger partial charge >= 0.3 is 0 Å². The highest BCUT2D eigenvalue weighted by molar-refractivity contribution is 5.73. The number of likely N-dealkylation sites (N-methyl/N-ethyl adjacent to an activating group) is 2. The van der Waals surface area contributed by atoms with Gasteiger partial charge in [0, 0.05) is 33.0 Å². The third-order valence-corrected chi connectivity index (χ3v) is 3.62. The highest BCUT2D eigenvalue weighted by Gasteiger charge is 2.21. The largest absolute Gasteiger partial charge is 0.394 e. The molecule has 0 spiro atoms. The lowest BCUT2D eigenvalue weighted by Gasteiger charge is -2.33. The highest BCUT2D eigenvalue weighted by atomic mass is 16.5. The van der Waals surface area contributed by atoms with Crippen LogP contribution in [0.5, 0.6) is 0 Å². The first-order valence-electron chi connectivity index (χ1n) is 7.32. The lowest BCUT2D eigenvalue weighted by molar-refractivity contribution is 0.191. The van der Waals surface area contributed by atoms with Crippen LogP contribution in [0, 0.1) is 0 Å². The number of anilines is 1. The second-order valence-corrected chi connectivity index (χ2v) is 5.37. The number of hydrogen-bond donors (Lipinski definition) is 1. The van der Waals surface area contributed by atoms with Crippen LogP contribution in [-0.4, -0.2) is 64.1 Å². The number of benzene rings is 1. The maximum atomic E-state index is 9.48. The average Bonchev–Trinajstić information content (AvgIpc) is 2.48.